The van der Waals surface area contributed by atoms with Crippen LogP contribution in [0.1, 0.15) is 54.1 Å². The average molecular weight is 407 g/mol. The molecule has 0 spiro atoms. The van der Waals surface area contributed by atoms with E-state index in [1.165, 1.54) is 0 Å². The second-order valence-electron chi connectivity index (χ2n) is 7.28. The van der Waals surface area contributed by atoms with Crippen molar-refractivity contribution in [2.45, 2.75) is 53.8 Å². The first kappa shape index (κ1) is 19.8. The summed E-state index contributed by atoms with van der Waals surface area (Å²) in [5, 5.41) is 16.7. The van der Waals surface area contributed by atoms with Crippen molar-refractivity contribution in [1.29, 1.82) is 0 Å². The Bertz CT molecular complexity index is 1220. The molecule has 4 rings (SSSR count). The number of hydrogen-bond acceptors (Lipinski definition) is 6. The molecule has 4 heterocycles. The van der Waals surface area contributed by atoms with E-state index in [2.05, 4.69) is 25.7 Å². The zero-order valence-electron chi connectivity index (χ0n) is 17.8. The molecular formula is C21H25N7O2. The van der Waals surface area contributed by atoms with E-state index in [0.717, 1.165) is 24.3 Å². The lowest BCUT2D eigenvalue weighted by Crippen LogP contribution is -2.27. The van der Waals surface area contributed by atoms with Crippen LogP contribution in [0.3, 0.4) is 0 Å². The van der Waals surface area contributed by atoms with E-state index < -0.39 is 0 Å². The van der Waals surface area contributed by atoms with Gasteiger partial charge in [-0.2, -0.15) is 10.2 Å². The molecule has 0 radical (unpaired) electrons. The van der Waals surface area contributed by atoms with E-state index >= 15 is 0 Å². The number of hydrogen-bond donors (Lipinski definition) is 1. The molecule has 9 nitrogen and oxygen atoms in total. The molecule has 0 aliphatic carbocycles. The van der Waals surface area contributed by atoms with Gasteiger partial charge in [-0.25, -0.2) is 4.98 Å². The highest BCUT2D eigenvalue weighted by molar-refractivity contribution is 6.07. The number of aromatic nitrogens is 6. The summed E-state index contributed by atoms with van der Waals surface area (Å²) in [6.45, 7) is 11.3. The van der Waals surface area contributed by atoms with Crippen molar-refractivity contribution in [3.63, 3.8) is 0 Å². The molecule has 9 heteroatoms. The van der Waals surface area contributed by atoms with E-state index in [0.29, 0.717) is 33.7 Å². The fraction of sp³-hybridized carbons (Fsp3) is 0.381. The quantitative estimate of drug-likeness (QED) is 0.525. The van der Waals surface area contributed by atoms with Crippen LogP contribution in [0, 0.1) is 13.8 Å². The number of carbonyl (C=O) groups excluding carboxylic acids is 1. The molecule has 0 bridgehead atoms. The first-order valence-corrected chi connectivity index (χ1v) is 10.1. The van der Waals surface area contributed by atoms with Crippen molar-refractivity contribution in [3.05, 3.63) is 47.0 Å². The van der Waals surface area contributed by atoms with Crippen molar-refractivity contribution < 1.29 is 9.32 Å². The fourth-order valence-corrected chi connectivity index (χ4v) is 3.55. The molecule has 4 aromatic heterocycles. The summed E-state index contributed by atoms with van der Waals surface area (Å²) in [4.78, 5) is 17.8. The molecule has 0 unspecified atom stereocenters. The number of rotatable bonds is 6. The number of aryl methyl sites for hydroxylation is 4. The standard InChI is InChI=1S/C21H25N7O2/c1-6-27-9-8-17(25-27)18-10-15(19-14(5)26-30-21(19)23-18)20(29)22-12(3)16-11-28(7-2)24-13(16)4/h8-12H,6-7H2,1-5H3,(H,22,29)/t12-/m0/s1. The number of nitrogens with one attached hydrogen (secondary N) is 1. The highest BCUT2D eigenvalue weighted by Gasteiger charge is 2.22. The Hall–Kier alpha value is -3.49. The van der Waals surface area contributed by atoms with Crippen LogP contribution in [0.15, 0.2) is 29.0 Å². The van der Waals surface area contributed by atoms with E-state index in [-0.39, 0.29) is 11.9 Å². The van der Waals surface area contributed by atoms with Crippen LogP contribution in [0.5, 0.6) is 0 Å². The predicted octanol–water partition coefficient (Wildman–Crippen LogP) is 3.43. The number of carbonyl (C=O) groups is 1. The van der Waals surface area contributed by atoms with Crippen molar-refractivity contribution in [1.82, 2.24) is 35.0 Å². The summed E-state index contributed by atoms with van der Waals surface area (Å²) in [5.41, 5.74) is 4.54. The van der Waals surface area contributed by atoms with E-state index in [9.17, 15) is 4.79 Å². The van der Waals surface area contributed by atoms with E-state index in [1.807, 2.05) is 55.5 Å². The van der Waals surface area contributed by atoms with Gasteiger partial charge in [0.15, 0.2) is 0 Å². The molecule has 4 aromatic rings. The number of pyridine rings is 1. The summed E-state index contributed by atoms with van der Waals surface area (Å²) in [6, 6.07) is 3.41. The van der Waals surface area contributed by atoms with Crippen LogP contribution >= 0.6 is 0 Å². The molecule has 0 saturated heterocycles. The Morgan fingerprint density at radius 1 is 1.13 bits per heavy atom. The minimum Gasteiger partial charge on any atom is -0.345 e. The molecule has 1 atom stereocenters. The maximum absolute atomic E-state index is 13.3. The van der Waals surface area contributed by atoms with Gasteiger partial charge in [-0.15, -0.1) is 0 Å². The van der Waals surface area contributed by atoms with Crippen LogP contribution in [-0.4, -0.2) is 35.6 Å². The second kappa shape index (κ2) is 7.74. The average Bonchev–Trinajstić information content (AvgIpc) is 3.45. The maximum Gasteiger partial charge on any atom is 0.259 e. The maximum atomic E-state index is 13.3. The monoisotopic (exact) mass is 407 g/mol. The van der Waals surface area contributed by atoms with Gasteiger partial charge in [0, 0.05) is 31.0 Å². The lowest BCUT2D eigenvalue weighted by atomic mass is 10.1. The van der Waals surface area contributed by atoms with Gasteiger partial charge in [0.05, 0.1) is 34.1 Å². The summed E-state index contributed by atoms with van der Waals surface area (Å²) < 4.78 is 9.05. The van der Waals surface area contributed by atoms with Gasteiger partial charge in [-0.05, 0) is 46.8 Å². The minimum absolute atomic E-state index is 0.205. The Balaban J connectivity index is 1.71. The van der Waals surface area contributed by atoms with Gasteiger partial charge in [-0.3, -0.25) is 14.2 Å². The molecule has 1 N–H and O–H groups in total. The summed E-state index contributed by atoms with van der Waals surface area (Å²) in [7, 11) is 0. The molecular weight excluding hydrogens is 382 g/mol. The van der Waals surface area contributed by atoms with E-state index in [1.54, 1.807) is 13.0 Å². The molecule has 1 amide bonds. The van der Waals surface area contributed by atoms with Crippen molar-refractivity contribution in [2.24, 2.45) is 0 Å². The first-order valence-electron chi connectivity index (χ1n) is 10.1. The van der Waals surface area contributed by atoms with Crippen molar-refractivity contribution in [2.75, 3.05) is 0 Å². The molecule has 0 aliphatic rings. The van der Waals surface area contributed by atoms with Crippen LogP contribution in [0.2, 0.25) is 0 Å². The number of fused-ring (bicyclic) bond motifs is 1. The SMILES string of the molecule is CCn1ccc(-c2cc(C(=O)N[C@@H](C)c3cn(CC)nc3C)c3c(C)noc3n2)n1. The predicted molar refractivity (Wildman–Crippen MR) is 112 cm³/mol. The molecule has 156 valence electrons. The Labute approximate surface area is 174 Å². The normalized spacial score (nSPS) is 12.4. The lowest BCUT2D eigenvalue weighted by molar-refractivity contribution is 0.0941. The largest absolute Gasteiger partial charge is 0.345 e. The second-order valence-corrected chi connectivity index (χ2v) is 7.28. The molecule has 0 fully saturated rings. The third kappa shape index (κ3) is 3.47. The van der Waals surface area contributed by atoms with Crippen molar-refractivity contribution >= 4 is 17.0 Å². The molecule has 0 saturated carbocycles. The van der Waals surface area contributed by atoms with Gasteiger partial charge in [-0.1, -0.05) is 5.16 Å². The topological polar surface area (TPSA) is 104 Å². The molecule has 0 aliphatic heterocycles. The zero-order chi connectivity index (χ0) is 21.4. The highest BCUT2D eigenvalue weighted by Crippen LogP contribution is 2.27. The van der Waals surface area contributed by atoms with E-state index in [4.69, 9.17) is 4.52 Å². The van der Waals surface area contributed by atoms with Crippen LogP contribution in [0.25, 0.3) is 22.5 Å². The minimum atomic E-state index is -0.221. The van der Waals surface area contributed by atoms with Gasteiger partial charge < -0.3 is 9.84 Å². The third-order valence-electron chi connectivity index (χ3n) is 5.21. The van der Waals surface area contributed by atoms with Gasteiger partial charge in [0.25, 0.3) is 11.6 Å². The summed E-state index contributed by atoms with van der Waals surface area (Å²) >= 11 is 0. The lowest BCUT2D eigenvalue weighted by Gasteiger charge is -2.14. The third-order valence-corrected chi connectivity index (χ3v) is 5.21. The number of nitrogens with zero attached hydrogens (tertiary/aromatic N) is 6. The summed E-state index contributed by atoms with van der Waals surface area (Å²) in [6.07, 6.45) is 3.85. The Kier molecular flexibility index (Phi) is 5.11. The summed E-state index contributed by atoms with van der Waals surface area (Å²) in [5.74, 6) is -0.221. The molecule has 0 aromatic carbocycles. The van der Waals surface area contributed by atoms with Gasteiger partial charge in [0.2, 0.25) is 0 Å². The first-order chi connectivity index (χ1) is 14.4. The number of amides is 1. The van der Waals surface area contributed by atoms with Crippen molar-refractivity contribution in [3.8, 4) is 11.4 Å². The molecule has 30 heavy (non-hydrogen) atoms. The van der Waals surface area contributed by atoms with Gasteiger partial charge in [0.1, 0.15) is 5.69 Å². The van der Waals surface area contributed by atoms with Crippen LogP contribution in [0.4, 0.5) is 0 Å². The Morgan fingerprint density at radius 3 is 2.57 bits per heavy atom. The highest BCUT2D eigenvalue weighted by atomic mass is 16.5. The van der Waals surface area contributed by atoms with Crippen LogP contribution < -0.4 is 5.32 Å². The zero-order valence-corrected chi connectivity index (χ0v) is 17.8. The smallest absolute Gasteiger partial charge is 0.259 e. The fourth-order valence-electron chi connectivity index (χ4n) is 3.55. The van der Waals surface area contributed by atoms with Crippen LogP contribution in [-0.2, 0) is 13.1 Å². The Morgan fingerprint density at radius 2 is 1.90 bits per heavy atom. The van der Waals surface area contributed by atoms with Gasteiger partial charge >= 0.3 is 0 Å².